The molecule has 0 aliphatic carbocycles. The van der Waals surface area contributed by atoms with Gasteiger partial charge in [0.1, 0.15) is 5.75 Å². The number of anilines is 1. The molecule has 0 fully saturated rings. The molecular formula is C24H21N3OS. The topological polar surface area (TPSA) is 37.7 Å². The Morgan fingerprint density at radius 3 is 2.55 bits per heavy atom. The molecule has 0 saturated carbocycles. The fraction of sp³-hybridized carbons (Fsp3) is 0.167. The zero-order valence-electron chi connectivity index (χ0n) is 16.4. The zero-order valence-corrected chi connectivity index (χ0v) is 17.2. The average molecular weight is 400 g/mol. The highest BCUT2D eigenvalue weighted by atomic mass is 32.1. The number of nitrogens with zero attached hydrogens (tertiary/aromatic N) is 3. The minimum atomic E-state index is 0.109. The van der Waals surface area contributed by atoms with Crippen molar-refractivity contribution in [3.63, 3.8) is 0 Å². The van der Waals surface area contributed by atoms with Crippen LogP contribution in [0.1, 0.15) is 29.2 Å². The van der Waals surface area contributed by atoms with E-state index in [0.29, 0.717) is 0 Å². The maximum absolute atomic E-state index is 5.33. The lowest BCUT2D eigenvalue weighted by atomic mass is 9.98. The van der Waals surface area contributed by atoms with Gasteiger partial charge >= 0.3 is 0 Å². The number of fused-ring (bicyclic) bond motifs is 1. The van der Waals surface area contributed by atoms with Crippen LogP contribution in [0, 0.1) is 6.92 Å². The highest BCUT2D eigenvalue weighted by molar-refractivity contribution is 7.22. The molecule has 144 valence electrons. The summed E-state index contributed by atoms with van der Waals surface area (Å²) in [7, 11) is 1.69. The van der Waals surface area contributed by atoms with E-state index in [4.69, 9.17) is 14.8 Å². The minimum Gasteiger partial charge on any atom is -0.497 e. The van der Waals surface area contributed by atoms with Crippen molar-refractivity contribution >= 4 is 32.4 Å². The fourth-order valence-electron chi connectivity index (χ4n) is 3.70. The third kappa shape index (κ3) is 3.38. The van der Waals surface area contributed by atoms with Gasteiger partial charge in [-0.3, -0.25) is 0 Å². The second-order valence-corrected chi connectivity index (χ2v) is 8.23. The molecule has 5 heteroatoms. The Labute approximate surface area is 174 Å². The first-order chi connectivity index (χ1) is 14.2. The number of thiazole rings is 1. The van der Waals surface area contributed by atoms with Gasteiger partial charge in [0, 0.05) is 6.42 Å². The summed E-state index contributed by atoms with van der Waals surface area (Å²) in [5, 5.41) is 8.03. The van der Waals surface area contributed by atoms with Crippen molar-refractivity contribution in [3.05, 3.63) is 89.5 Å². The molecule has 4 nitrogen and oxygen atoms in total. The van der Waals surface area contributed by atoms with Gasteiger partial charge < -0.3 is 4.74 Å². The number of rotatable bonds is 4. The standard InChI is InChI=1S/C24H21N3OS/c1-16-8-13-20-23(14-16)29-24(25-20)27-22(18-9-11-19(28-2)12-10-18)15-21(26-27)17-6-4-3-5-7-17/h3-14,22H,15H2,1-2H3/t22-/m0/s1. The van der Waals surface area contributed by atoms with Gasteiger partial charge in [-0.15, -0.1) is 0 Å². The largest absolute Gasteiger partial charge is 0.497 e. The Morgan fingerprint density at radius 1 is 1.00 bits per heavy atom. The highest BCUT2D eigenvalue weighted by Gasteiger charge is 2.31. The summed E-state index contributed by atoms with van der Waals surface area (Å²) in [6.45, 7) is 2.11. The number of hydrogen-bond donors (Lipinski definition) is 0. The summed E-state index contributed by atoms with van der Waals surface area (Å²) in [4.78, 5) is 4.89. The Balaban J connectivity index is 1.58. The molecule has 1 aromatic heterocycles. The predicted molar refractivity (Wildman–Crippen MR) is 120 cm³/mol. The van der Waals surface area contributed by atoms with Crippen LogP contribution >= 0.6 is 11.3 Å². The van der Waals surface area contributed by atoms with Gasteiger partial charge in [-0.05, 0) is 47.9 Å². The van der Waals surface area contributed by atoms with E-state index in [1.165, 1.54) is 15.8 Å². The SMILES string of the molecule is COc1ccc([C@@H]2CC(c3ccccc3)=NN2c2nc3ccc(C)cc3s2)cc1. The van der Waals surface area contributed by atoms with Gasteiger partial charge in [0.25, 0.3) is 0 Å². The first kappa shape index (κ1) is 17.9. The van der Waals surface area contributed by atoms with Crippen LogP contribution in [0.15, 0.2) is 77.9 Å². The van der Waals surface area contributed by atoms with E-state index in [1.54, 1.807) is 18.4 Å². The monoisotopic (exact) mass is 399 g/mol. The van der Waals surface area contributed by atoms with Gasteiger partial charge in [0.2, 0.25) is 5.13 Å². The molecule has 5 rings (SSSR count). The Morgan fingerprint density at radius 2 is 1.79 bits per heavy atom. The number of benzene rings is 3. The van der Waals surface area contributed by atoms with Gasteiger partial charge in [-0.25, -0.2) is 9.99 Å². The van der Waals surface area contributed by atoms with Crippen molar-refractivity contribution < 1.29 is 4.74 Å². The number of hydrogen-bond acceptors (Lipinski definition) is 5. The molecule has 4 aromatic rings. The van der Waals surface area contributed by atoms with Crippen LogP contribution in [0.5, 0.6) is 5.75 Å². The molecule has 1 aliphatic heterocycles. The number of aryl methyl sites for hydroxylation is 1. The number of ether oxygens (including phenoxy) is 1. The lowest BCUT2D eigenvalue weighted by Crippen LogP contribution is -2.18. The van der Waals surface area contributed by atoms with E-state index < -0.39 is 0 Å². The van der Waals surface area contributed by atoms with Crippen molar-refractivity contribution in [2.24, 2.45) is 5.10 Å². The molecule has 2 heterocycles. The van der Waals surface area contributed by atoms with E-state index >= 15 is 0 Å². The molecule has 3 aromatic carbocycles. The molecule has 0 saturated heterocycles. The smallest absolute Gasteiger partial charge is 0.207 e. The molecule has 1 aliphatic rings. The predicted octanol–water partition coefficient (Wildman–Crippen LogP) is 5.97. The van der Waals surface area contributed by atoms with E-state index in [1.807, 2.05) is 18.2 Å². The van der Waals surface area contributed by atoms with Crippen LogP contribution in [-0.2, 0) is 0 Å². The lowest BCUT2D eigenvalue weighted by molar-refractivity contribution is 0.414. The quantitative estimate of drug-likeness (QED) is 0.424. The van der Waals surface area contributed by atoms with E-state index in [2.05, 4.69) is 66.5 Å². The maximum Gasteiger partial charge on any atom is 0.207 e. The molecule has 0 N–H and O–H groups in total. The second-order valence-electron chi connectivity index (χ2n) is 7.22. The van der Waals surface area contributed by atoms with Crippen molar-refractivity contribution in [2.75, 3.05) is 12.1 Å². The normalized spacial score (nSPS) is 16.3. The van der Waals surface area contributed by atoms with Gasteiger partial charge in [-0.2, -0.15) is 5.10 Å². The number of methoxy groups -OCH3 is 1. The van der Waals surface area contributed by atoms with E-state index in [9.17, 15) is 0 Å². The van der Waals surface area contributed by atoms with E-state index in [0.717, 1.165) is 34.1 Å². The van der Waals surface area contributed by atoms with Crippen molar-refractivity contribution in [1.82, 2.24) is 4.98 Å². The van der Waals surface area contributed by atoms with Crippen molar-refractivity contribution in [2.45, 2.75) is 19.4 Å². The maximum atomic E-state index is 5.33. The average Bonchev–Trinajstić information content (AvgIpc) is 3.38. The van der Waals surface area contributed by atoms with Gasteiger partial charge in [-0.1, -0.05) is 59.9 Å². The van der Waals surface area contributed by atoms with Crippen LogP contribution in [0.25, 0.3) is 10.2 Å². The van der Waals surface area contributed by atoms with E-state index in [-0.39, 0.29) is 6.04 Å². The second kappa shape index (κ2) is 7.33. The van der Waals surface area contributed by atoms with Crippen molar-refractivity contribution in [3.8, 4) is 5.75 Å². The number of aromatic nitrogens is 1. The summed E-state index contributed by atoms with van der Waals surface area (Å²) < 4.78 is 6.52. The minimum absolute atomic E-state index is 0.109. The third-order valence-corrected chi connectivity index (χ3v) is 6.25. The van der Waals surface area contributed by atoms with Gasteiger partial charge in [0.15, 0.2) is 0 Å². The molecule has 1 atom stereocenters. The summed E-state index contributed by atoms with van der Waals surface area (Å²) in [5.41, 5.74) is 5.71. The molecule has 0 unspecified atom stereocenters. The third-order valence-electron chi connectivity index (χ3n) is 5.25. The first-order valence-electron chi connectivity index (χ1n) is 9.64. The Kier molecular flexibility index (Phi) is 4.52. The molecule has 29 heavy (non-hydrogen) atoms. The summed E-state index contributed by atoms with van der Waals surface area (Å²) in [6, 6.07) is 25.2. The Bertz CT molecular complexity index is 1180. The molecule has 0 spiro atoms. The molecule has 0 bridgehead atoms. The first-order valence-corrected chi connectivity index (χ1v) is 10.5. The summed E-state index contributed by atoms with van der Waals surface area (Å²) in [6.07, 6.45) is 0.839. The van der Waals surface area contributed by atoms with Crippen LogP contribution in [0.4, 0.5) is 5.13 Å². The number of hydrazone groups is 1. The van der Waals surface area contributed by atoms with Crippen LogP contribution in [0.3, 0.4) is 0 Å². The zero-order chi connectivity index (χ0) is 19.8. The summed E-state index contributed by atoms with van der Waals surface area (Å²) in [5.74, 6) is 0.859. The fourth-order valence-corrected chi connectivity index (χ4v) is 4.76. The lowest BCUT2D eigenvalue weighted by Gasteiger charge is -2.21. The Hall–Kier alpha value is -3.18. The highest BCUT2D eigenvalue weighted by Crippen LogP contribution is 2.40. The molecule has 0 radical (unpaired) electrons. The summed E-state index contributed by atoms with van der Waals surface area (Å²) >= 11 is 1.70. The molecular weight excluding hydrogens is 378 g/mol. The van der Waals surface area contributed by atoms with Crippen LogP contribution < -0.4 is 9.75 Å². The van der Waals surface area contributed by atoms with Crippen molar-refractivity contribution in [1.29, 1.82) is 0 Å². The van der Waals surface area contributed by atoms with Crippen LogP contribution in [-0.4, -0.2) is 17.8 Å². The van der Waals surface area contributed by atoms with Gasteiger partial charge in [0.05, 0.1) is 29.1 Å². The molecule has 0 amide bonds. The van der Waals surface area contributed by atoms with Crippen LogP contribution in [0.2, 0.25) is 0 Å².